The van der Waals surface area contributed by atoms with Crippen molar-refractivity contribution in [2.75, 3.05) is 26.7 Å². The third-order valence-electron chi connectivity index (χ3n) is 3.54. The molecule has 1 saturated heterocycles. The Balaban J connectivity index is 1.90. The molecule has 1 aliphatic heterocycles. The molecule has 1 atom stereocenters. The molecule has 1 unspecified atom stereocenters. The fraction of sp³-hybridized carbons (Fsp3) is 0.500. The molecular formula is C14H18BrN3. The summed E-state index contributed by atoms with van der Waals surface area (Å²) in [5.74, 6) is 0. The number of halogens is 1. The van der Waals surface area contributed by atoms with Crippen LogP contribution in [0.3, 0.4) is 0 Å². The monoisotopic (exact) mass is 307 g/mol. The van der Waals surface area contributed by atoms with E-state index in [1.165, 1.54) is 10.0 Å². The summed E-state index contributed by atoms with van der Waals surface area (Å²) in [5.41, 5.74) is 1.33. The molecule has 1 heterocycles. The minimum Gasteiger partial charge on any atom is -0.297 e. The summed E-state index contributed by atoms with van der Waals surface area (Å²) in [6.45, 7) is 3.67. The van der Waals surface area contributed by atoms with Gasteiger partial charge in [-0.2, -0.15) is 5.26 Å². The van der Waals surface area contributed by atoms with E-state index < -0.39 is 0 Å². The van der Waals surface area contributed by atoms with E-state index in [0.29, 0.717) is 12.6 Å². The van der Waals surface area contributed by atoms with Crippen molar-refractivity contribution in [2.45, 2.75) is 19.0 Å². The first-order valence-electron chi connectivity index (χ1n) is 6.23. The molecular weight excluding hydrogens is 290 g/mol. The highest BCUT2D eigenvalue weighted by Gasteiger charge is 2.25. The Morgan fingerprint density at radius 3 is 3.00 bits per heavy atom. The zero-order valence-corrected chi connectivity index (χ0v) is 12.2. The second kappa shape index (κ2) is 6.33. The van der Waals surface area contributed by atoms with Gasteiger partial charge < -0.3 is 0 Å². The maximum atomic E-state index is 8.72. The quantitative estimate of drug-likeness (QED) is 0.801. The first-order chi connectivity index (χ1) is 8.70. The van der Waals surface area contributed by atoms with Crippen LogP contribution in [0.4, 0.5) is 0 Å². The molecule has 0 aromatic heterocycles. The number of likely N-dealkylation sites (N-methyl/N-ethyl adjacent to an activating group) is 1. The molecule has 3 nitrogen and oxygen atoms in total. The Morgan fingerprint density at radius 1 is 1.50 bits per heavy atom. The van der Waals surface area contributed by atoms with E-state index in [2.05, 4.69) is 50.0 Å². The van der Waals surface area contributed by atoms with Gasteiger partial charge in [0, 0.05) is 30.1 Å². The van der Waals surface area contributed by atoms with E-state index in [0.717, 1.165) is 26.1 Å². The minimum atomic E-state index is 0.520. The lowest BCUT2D eigenvalue weighted by atomic mass is 10.2. The third-order valence-corrected chi connectivity index (χ3v) is 4.32. The van der Waals surface area contributed by atoms with E-state index in [1.807, 2.05) is 13.1 Å². The highest BCUT2D eigenvalue weighted by molar-refractivity contribution is 9.10. The number of likely N-dealkylation sites (tertiary alicyclic amines) is 1. The van der Waals surface area contributed by atoms with Crippen molar-refractivity contribution in [3.8, 4) is 6.07 Å². The van der Waals surface area contributed by atoms with E-state index in [-0.39, 0.29) is 0 Å². The lowest BCUT2D eigenvalue weighted by Gasteiger charge is -2.22. The van der Waals surface area contributed by atoms with Gasteiger partial charge in [0.05, 0.1) is 12.6 Å². The molecule has 0 N–H and O–H groups in total. The van der Waals surface area contributed by atoms with Crippen molar-refractivity contribution in [3.63, 3.8) is 0 Å². The normalized spacial score (nSPS) is 20.2. The Labute approximate surface area is 117 Å². The van der Waals surface area contributed by atoms with Gasteiger partial charge in [-0.15, -0.1) is 0 Å². The molecule has 0 amide bonds. The first kappa shape index (κ1) is 13.5. The minimum absolute atomic E-state index is 0.520. The number of hydrogen-bond donors (Lipinski definition) is 0. The smallest absolute Gasteiger partial charge is 0.0866 e. The molecule has 1 aliphatic rings. The van der Waals surface area contributed by atoms with Crippen molar-refractivity contribution in [1.82, 2.24) is 9.80 Å². The Hall–Kier alpha value is -0.890. The van der Waals surface area contributed by atoms with Gasteiger partial charge in [-0.25, -0.2) is 0 Å². The summed E-state index contributed by atoms with van der Waals surface area (Å²) in [6, 6.07) is 11.1. The molecule has 96 valence electrons. The molecule has 1 aromatic rings. The fourth-order valence-electron chi connectivity index (χ4n) is 2.42. The summed E-state index contributed by atoms with van der Waals surface area (Å²) in [4.78, 5) is 4.61. The van der Waals surface area contributed by atoms with Gasteiger partial charge in [0.15, 0.2) is 0 Å². The molecule has 0 saturated carbocycles. The lowest BCUT2D eigenvalue weighted by molar-refractivity contribution is 0.249. The second-order valence-electron chi connectivity index (χ2n) is 4.84. The van der Waals surface area contributed by atoms with E-state index in [4.69, 9.17) is 5.26 Å². The van der Waals surface area contributed by atoms with Crippen LogP contribution in [0.1, 0.15) is 12.0 Å². The molecule has 2 rings (SSSR count). The Morgan fingerprint density at radius 2 is 2.28 bits per heavy atom. The molecule has 18 heavy (non-hydrogen) atoms. The highest BCUT2D eigenvalue weighted by Crippen LogP contribution is 2.21. The van der Waals surface area contributed by atoms with Crippen LogP contribution >= 0.6 is 15.9 Å². The van der Waals surface area contributed by atoms with Crippen molar-refractivity contribution in [3.05, 3.63) is 34.3 Å². The Bertz CT molecular complexity index is 441. The van der Waals surface area contributed by atoms with Gasteiger partial charge >= 0.3 is 0 Å². The molecule has 0 radical (unpaired) electrons. The number of rotatable bonds is 4. The van der Waals surface area contributed by atoms with Crippen LogP contribution in [0.25, 0.3) is 0 Å². The number of nitriles is 1. The molecule has 4 heteroatoms. The summed E-state index contributed by atoms with van der Waals surface area (Å²) in [6.07, 6.45) is 1.16. The maximum absolute atomic E-state index is 8.72. The zero-order valence-electron chi connectivity index (χ0n) is 10.6. The van der Waals surface area contributed by atoms with Crippen molar-refractivity contribution in [2.24, 2.45) is 0 Å². The van der Waals surface area contributed by atoms with Crippen LogP contribution in [0.5, 0.6) is 0 Å². The first-order valence-corrected chi connectivity index (χ1v) is 7.03. The van der Waals surface area contributed by atoms with E-state index in [1.54, 1.807) is 0 Å². The largest absolute Gasteiger partial charge is 0.297 e. The average Bonchev–Trinajstić information content (AvgIpc) is 2.81. The summed E-state index contributed by atoms with van der Waals surface area (Å²) in [5, 5.41) is 8.72. The van der Waals surface area contributed by atoms with E-state index >= 15 is 0 Å². The van der Waals surface area contributed by atoms with Crippen LogP contribution in [0.2, 0.25) is 0 Å². The van der Waals surface area contributed by atoms with Crippen molar-refractivity contribution < 1.29 is 0 Å². The topological polar surface area (TPSA) is 30.3 Å². The number of hydrogen-bond acceptors (Lipinski definition) is 3. The van der Waals surface area contributed by atoms with Crippen LogP contribution in [0, 0.1) is 11.3 Å². The van der Waals surface area contributed by atoms with Gasteiger partial charge in [0.25, 0.3) is 0 Å². The van der Waals surface area contributed by atoms with Crippen molar-refractivity contribution in [1.29, 1.82) is 5.26 Å². The van der Waals surface area contributed by atoms with E-state index in [9.17, 15) is 0 Å². The SMILES string of the molecule is CN(CC#N)C1CCN(Cc2ccccc2Br)C1. The molecule has 1 aromatic carbocycles. The maximum Gasteiger partial charge on any atom is 0.0866 e. The number of benzene rings is 1. The fourth-order valence-corrected chi connectivity index (χ4v) is 2.83. The van der Waals surface area contributed by atoms with Gasteiger partial charge in [-0.3, -0.25) is 9.80 Å². The summed E-state index contributed by atoms with van der Waals surface area (Å²) < 4.78 is 1.18. The van der Waals surface area contributed by atoms with Crippen LogP contribution in [-0.2, 0) is 6.54 Å². The molecule has 0 spiro atoms. The highest BCUT2D eigenvalue weighted by atomic mass is 79.9. The summed E-state index contributed by atoms with van der Waals surface area (Å²) in [7, 11) is 2.04. The van der Waals surface area contributed by atoms with Crippen LogP contribution < -0.4 is 0 Å². The molecule has 1 fully saturated rings. The standard InChI is InChI=1S/C14H18BrN3/c1-17(9-7-16)13-6-8-18(11-13)10-12-4-2-3-5-14(12)15/h2-5,13H,6,8-11H2,1H3. The second-order valence-corrected chi connectivity index (χ2v) is 5.70. The molecule has 0 bridgehead atoms. The van der Waals surface area contributed by atoms with Crippen LogP contribution in [0.15, 0.2) is 28.7 Å². The van der Waals surface area contributed by atoms with Gasteiger partial charge in [-0.05, 0) is 25.1 Å². The Kier molecular flexibility index (Phi) is 4.76. The van der Waals surface area contributed by atoms with Gasteiger partial charge in [0.2, 0.25) is 0 Å². The third kappa shape index (κ3) is 3.32. The molecule has 0 aliphatic carbocycles. The zero-order chi connectivity index (χ0) is 13.0. The van der Waals surface area contributed by atoms with Crippen molar-refractivity contribution >= 4 is 15.9 Å². The van der Waals surface area contributed by atoms with Gasteiger partial charge in [0.1, 0.15) is 0 Å². The van der Waals surface area contributed by atoms with Crippen LogP contribution in [-0.4, -0.2) is 42.5 Å². The average molecular weight is 308 g/mol. The number of nitrogens with zero attached hydrogens (tertiary/aromatic N) is 3. The predicted molar refractivity (Wildman–Crippen MR) is 76.1 cm³/mol. The predicted octanol–water partition coefficient (Wildman–Crippen LogP) is 2.48. The van der Waals surface area contributed by atoms with Gasteiger partial charge in [-0.1, -0.05) is 34.1 Å². The lowest BCUT2D eigenvalue weighted by Crippen LogP contribution is -2.34. The summed E-state index contributed by atoms with van der Waals surface area (Å²) >= 11 is 3.59.